The maximum Gasteiger partial charge on any atom is 0.256 e. The third kappa shape index (κ3) is 25.5. The van der Waals surface area contributed by atoms with Gasteiger partial charge in [0.05, 0.1) is 17.6 Å². The van der Waals surface area contributed by atoms with E-state index in [1.165, 1.54) is 116 Å². The Morgan fingerprint density at radius 1 is 0.551 bits per heavy atom. The van der Waals surface area contributed by atoms with E-state index >= 15 is 38.4 Å². The van der Waals surface area contributed by atoms with Crippen LogP contribution in [0.5, 0.6) is 0 Å². The summed E-state index contributed by atoms with van der Waals surface area (Å²) in [5, 5.41) is 22.3. The fourth-order valence-corrected chi connectivity index (χ4v) is 14.2. The lowest BCUT2D eigenvalue weighted by atomic mass is 9.91. The summed E-state index contributed by atoms with van der Waals surface area (Å²) >= 11 is 2.62. The van der Waals surface area contributed by atoms with E-state index in [9.17, 15) is 19.5 Å². The average molecular weight is 1420 g/mol. The van der Waals surface area contributed by atoms with Crippen LogP contribution < -0.4 is 21.3 Å². The zero-order valence-electron chi connectivity index (χ0n) is 64.2. The molecule has 2 rings (SSSR count). The zero-order chi connectivity index (χ0) is 75.1. The van der Waals surface area contributed by atoms with E-state index < -0.39 is 160 Å². The van der Waals surface area contributed by atoms with Crippen LogP contribution in [-0.2, 0) is 57.5 Å². The van der Waals surface area contributed by atoms with Crippen molar-refractivity contribution in [3.05, 3.63) is 12.2 Å². The number of aliphatic hydroxyl groups is 1. The van der Waals surface area contributed by atoms with Gasteiger partial charge in [-0.1, -0.05) is 95.2 Å². The molecule has 0 saturated carbocycles. The van der Waals surface area contributed by atoms with Crippen molar-refractivity contribution in [2.75, 3.05) is 86.9 Å². The first-order valence-corrected chi connectivity index (χ1v) is 37.8. The van der Waals surface area contributed by atoms with Gasteiger partial charge in [0.1, 0.15) is 60.4 Å². The highest BCUT2D eigenvalue weighted by Gasteiger charge is 2.47. The Morgan fingerprint density at radius 2 is 1.03 bits per heavy atom. The second kappa shape index (κ2) is 41.4. The predicted molar refractivity (Wildman–Crippen MR) is 389 cm³/mol. The molecule has 0 spiro atoms. The molecule has 13 atom stereocenters. The number of carbonyl (C=O) groups is 11. The largest absolute Gasteiger partial charge is 0.390 e. The predicted octanol–water partition coefficient (Wildman–Crippen LogP) is 5.27. The summed E-state index contributed by atoms with van der Waals surface area (Å²) in [6.45, 7) is 32.5. The smallest absolute Gasteiger partial charge is 0.256 e. The standard InChI is InChI=1S/C71H128N12O13S2/c1-26-28-32-47(13)58(84)57-62(88)74-50(27-2)64(90)82(24)70(98-36-31-35-83-33-29-30-34-83)69(95)79(21)54(40-71(16,17)96-41-97-25)61(87)75-55(45(9)10)67(93)76(18)51(37-42(3)4)60(86)72-48(14)59(85)73-49(15)63(89)77(19)52(38-43(5)6)65(91)78(20)53(39-44(7)8)66(92)80(22)56(46(11)12)68(94)81(57)23/h26,28,42-58,70,84H,27,29-41H2,1-25H3,(H,72,86)(H,73,85)(H,74,88)(H,75,87)/b28-26+/t47-,48+,49-,50+,51+,52+,53+,54+,55+,56+,57+,58-,70-/m1/s1. The second-order valence-corrected chi connectivity index (χ2v) is 31.8. The molecule has 0 unspecified atom stereocenters. The molecular weight excluding hydrogens is 1290 g/mol. The van der Waals surface area contributed by atoms with Crippen molar-refractivity contribution in [3.63, 3.8) is 0 Å². The molecule has 2 heterocycles. The number of rotatable bonds is 23. The van der Waals surface area contributed by atoms with Gasteiger partial charge in [-0.05, 0) is 153 Å². The first kappa shape index (κ1) is 88.6. The lowest BCUT2D eigenvalue weighted by Gasteiger charge is -2.41. The summed E-state index contributed by atoms with van der Waals surface area (Å²) in [6, 6.07) is -12.8. The Morgan fingerprint density at radius 3 is 1.53 bits per heavy atom. The van der Waals surface area contributed by atoms with Crippen LogP contribution in [0, 0.1) is 35.5 Å². The van der Waals surface area contributed by atoms with Crippen LogP contribution in [-0.4, -0.2) is 274 Å². The number of hydrogen-bond donors (Lipinski definition) is 5. The quantitative estimate of drug-likeness (QED) is 0.0494. The minimum absolute atomic E-state index is 0.00494. The average Bonchev–Trinajstić information content (AvgIpc) is 0.840. The number of ether oxygens (including phenoxy) is 1. The maximum absolute atomic E-state index is 15.6. The fraction of sp³-hybridized carbons (Fsp3) is 0.817. The van der Waals surface area contributed by atoms with Crippen LogP contribution in [0.15, 0.2) is 12.2 Å². The van der Waals surface area contributed by atoms with Crippen LogP contribution in [0.3, 0.4) is 0 Å². The molecule has 0 radical (unpaired) electrons. The Balaban J connectivity index is 3.16. The van der Waals surface area contributed by atoms with Crippen molar-refractivity contribution >= 4 is 88.5 Å². The topological polar surface area (TPSA) is 291 Å². The number of thioether (sulfide) groups is 2. The first-order chi connectivity index (χ1) is 45.5. The SMILES string of the molecule is C/C=C/C[C@@H](C)[C@@H](O)[C@H]1C(=O)N[C@@H](CC)C(=O)N(C)[C@H](SCCCN2CCCC2)C(=O)N(C)[C@@H](CC(C)(C)OCSC)C(=O)N[C@@H](C(C)C)C(=O)N(C)[C@@H](CC(C)C)C(=O)N[C@@H](C)C(=O)N[C@H](C)C(=O)N(C)[C@@H](CC(C)C)C(=O)N(C)[C@@H](CC(C)C)C(=O)N(C)[C@@H](C(C)C)C(=O)N1C. The maximum atomic E-state index is 15.6. The van der Waals surface area contributed by atoms with Gasteiger partial charge in [-0.2, -0.15) is 0 Å². The van der Waals surface area contributed by atoms with Crippen LogP contribution in [0.1, 0.15) is 175 Å². The minimum atomic E-state index is -1.65. The van der Waals surface area contributed by atoms with Gasteiger partial charge in [0.2, 0.25) is 59.1 Å². The number of amides is 11. The van der Waals surface area contributed by atoms with Crippen molar-refractivity contribution in [2.45, 2.75) is 253 Å². The third-order valence-corrected chi connectivity index (χ3v) is 20.6. The molecule has 11 amide bonds. The summed E-state index contributed by atoms with van der Waals surface area (Å²) < 4.78 is 6.26. The van der Waals surface area contributed by atoms with E-state index in [1.807, 2.05) is 60.8 Å². The van der Waals surface area contributed by atoms with E-state index in [0.29, 0.717) is 18.6 Å². The zero-order valence-corrected chi connectivity index (χ0v) is 65.8. The van der Waals surface area contributed by atoms with Gasteiger partial charge in [0, 0.05) is 55.8 Å². The molecule has 0 aromatic carbocycles. The third-order valence-electron chi connectivity index (χ3n) is 18.8. The normalized spacial score (nSPS) is 26.8. The molecule has 5 N–H and O–H groups in total. The molecule has 2 saturated heterocycles. The number of aliphatic hydroxyl groups excluding tert-OH is 1. The summed E-state index contributed by atoms with van der Waals surface area (Å²) in [4.78, 5) is 177. The Bertz CT molecular complexity index is 2680. The number of nitrogens with zero attached hydrogens (tertiary/aromatic N) is 8. The van der Waals surface area contributed by atoms with Gasteiger partial charge in [-0.3, -0.25) is 52.7 Å². The van der Waals surface area contributed by atoms with Gasteiger partial charge in [0.25, 0.3) is 5.91 Å². The van der Waals surface area contributed by atoms with E-state index in [0.717, 1.165) is 37.4 Å². The fourth-order valence-electron chi connectivity index (χ4n) is 12.6. The highest BCUT2D eigenvalue weighted by atomic mass is 32.2. The van der Waals surface area contributed by atoms with Gasteiger partial charge >= 0.3 is 0 Å². The van der Waals surface area contributed by atoms with E-state index in [4.69, 9.17) is 4.74 Å². The van der Waals surface area contributed by atoms with Crippen LogP contribution in [0.2, 0.25) is 0 Å². The lowest BCUT2D eigenvalue weighted by Crippen LogP contribution is -2.64. The number of hydrogen-bond acceptors (Lipinski definition) is 16. The number of nitrogens with one attached hydrogen (secondary N) is 4. The van der Waals surface area contributed by atoms with Crippen molar-refractivity contribution in [1.82, 2.24) is 60.5 Å². The molecule has 0 aliphatic carbocycles. The van der Waals surface area contributed by atoms with Crippen molar-refractivity contribution in [3.8, 4) is 0 Å². The molecule has 2 aliphatic rings. The summed E-state index contributed by atoms with van der Waals surface area (Å²) in [7, 11) is 10.1. The highest BCUT2D eigenvalue weighted by Crippen LogP contribution is 2.29. The van der Waals surface area contributed by atoms with Crippen molar-refractivity contribution < 1.29 is 62.6 Å². The first-order valence-electron chi connectivity index (χ1n) is 35.4. The van der Waals surface area contributed by atoms with Crippen molar-refractivity contribution in [2.24, 2.45) is 35.5 Å². The molecule has 0 aromatic heterocycles. The monoisotopic (exact) mass is 1420 g/mol. The minimum Gasteiger partial charge on any atom is -0.390 e. The summed E-state index contributed by atoms with van der Waals surface area (Å²) in [6.07, 6.45) is 7.37. The molecular formula is C71H128N12O13S2. The highest BCUT2D eigenvalue weighted by molar-refractivity contribution is 8.00. The van der Waals surface area contributed by atoms with E-state index in [2.05, 4.69) is 26.2 Å². The Hall–Kier alpha value is -5.51. The molecule has 98 heavy (non-hydrogen) atoms. The molecule has 25 nitrogen and oxygen atoms in total. The van der Waals surface area contributed by atoms with Gasteiger partial charge in [-0.25, -0.2) is 0 Å². The second-order valence-electron chi connectivity index (χ2n) is 29.8. The lowest BCUT2D eigenvalue weighted by molar-refractivity contribution is -0.157. The number of likely N-dealkylation sites (N-methyl/N-ethyl adjacent to an activating group) is 7. The molecule has 27 heteroatoms. The summed E-state index contributed by atoms with van der Waals surface area (Å²) in [5.41, 5.74) is -1.05. The van der Waals surface area contributed by atoms with Crippen LogP contribution in [0.4, 0.5) is 0 Å². The molecule has 0 bridgehead atoms. The number of carbonyl (C=O) groups excluding carboxylic acids is 11. The number of allylic oxidation sites excluding steroid dienone is 2. The summed E-state index contributed by atoms with van der Waals surface area (Å²) in [5.74, 6) is -9.21. The van der Waals surface area contributed by atoms with Gasteiger partial charge in [-0.15, -0.1) is 23.5 Å². The van der Waals surface area contributed by atoms with Gasteiger partial charge in [0.15, 0.2) is 5.37 Å². The number of likely N-dealkylation sites (tertiary alicyclic amines) is 1. The molecule has 2 fully saturated rings. The Kier molecular flexibility index (Phi) is 37.4. The van der Waals surface area contributed by atoms with Crippen molar-refractivity contribution in [1.29, 1.82) is 0 Å². The Labute approximate surface area is 596 Å². The van der Waals surface area contributed by atoms with E-state index in [-0.39, 0.29) is 55.8 Å². The van der Waals surface area contributed by atoms with Crippen LogP contribution >= 0.6 is 23.5 Å². The molecule has 562 valence electrons. The van der Waals surface area contributed by atoms with E-state index in [1.54, 1.807) is 61.5 Å². The van der Waals surface area contributed by atoms with Gasteiger partial charge < -0.3 is 70.3 Å². The molecule has 2 aliphatic heterocycles. The molecule has 0 aromatic rings. The van der Waals surface area contributed by atoms with Crippen LogP contribution in [0.25, 0.3) is 0 Å².